The molecule has 0 radical (unpaired) electrons. The maximum absolute atomic E-state index is 13.7. The van der Waals surface area contributed by atoms with Crippen molar-refractivity contribution in [1.82, 2.24) is 4.98 Å². The van der Waals surface area contributed by atoms with Crippen LogP contribution in [0.1, 0.15) is 10.6 Å². The van der Waals surface area contributed by atoms with Gasteiger partial charge in [-0.3, -0.25) is 0 Å². The molecule has 0 fully saturated rings. The summed E-state index contributed by atoms with van der Waals surface area (Å²) in [5.74, 6) is -8.96. The van der Waals surface area contributed by atoms with Crippen molar-refractivity contribution in [2.75, 3.05) is 14.2 Å². The first-order valence-electron chi connectivity index (χ1n) is 7.74. The summed E-state index contributed by atoms with van der Waals surface area (Å²) in [5.41, 5.74) is 0.215. The van der Waals surface area contributed by atoms with Crippen LogP contribution >= 0.6 is 11.3 Å². The Bertz CT molecular complexity index is 1040. The van der Waals surface area contributed by atoms with E-state index in [-0.39, 0.29) is 0 Å². The lowest BCUT2D eigenvalue weighted by atomic mass is 10.1. The number of thiazole rings is 1. The molecule has 0 unspecified atom stereocenters. The van der Waals surface area contributed by atoms with E-state index in [4.69, 9.17) is 9.47 Å². The molecule has 0 bridgehead atoms. The Labute approximate surface area is 160 Å². The van der Waals surface area contributed by atoms with E-state index in [1.165, 1.54) is 20.3 Å². The maximum Gasteiger partial charge on any atom is 0.200 e. The molecule has 3 nitrogen and oxygen atoms in total. The zero-order valence-corrected chi connectivity index (χ0v) is 15.3. The highest BCUT2D eigenvalue weighted by atomic mass is 32.1. The molecule has 0 amide bonds. The van der Waals surface area contributed by atoms with Gasteiger partial charge in [-0.25, -0.2) is 26.9 Å². The zero-order chi connectivity index (χ0) is 20.4. The lowest BCUT2D eigenvalue weighted by Gasteiger charge is -2.08. The second-order valence-electron chi connectivity index (χ2n) is 5.46. The maximum atomic E-state index is 13.7. The second kappa shape index (κ2) is 7.97. The Hall–Kier alpha value is -2.94. The van der Waals surface area contributed by atoms with Crippen LogP contribution in [0, 0.1) is 29.1 Å². The number of halogens is 5. The predicted octanol–water partition coefficient (Wildman–Crippen LogP) is 5.69. The standard InChI is InChI=1S/C19H12F5NO2S/c1-26-12-5-3-9(7-13(12)27-2)11-8-28-14(25-11)6-4-10-15(20)17(22)19(24)18(23)16(10)21/h3-8H,1-2H3/b6-4+. The van der Waals surface area contributed by atoms with Gasteiger partial charge in [0.25, 0.3) is 0 Å². The fourth-order valence-electron chi connectivity index (χ4n) is 2.42. The van der Waals surface area contributed by atoms with Crippen molar-refractivity contribution >= 4 is 23.5 Å². The van der Waals surface area contributed by atoms with Crippen LogP contribution in [0.15, 0.2) is 23.6 Å². The number of rotatable bonds is 5. The largest absolute Gasteiger partial charge is 0.493 e. The average Bonchev–Trinajstić information content (AvgIpc) is 3.19. The number of hydrogen-bond acceptors (Lipinski definition) is 4. The molecule has 0 atom stereocenters. The monoisotopic (exact) mass is 413 g/mol. The quantitative estimate of drug-likeness (QED) is 0.306. The summed E-state index contributed by atoms with van der Waals surface area (Å²) in [6.45, 7) is 0. The molecule has 1 aromatic heterocycles. The van der Waals surface area contributed by atoms with Gasteiger partial charge in [-0.15, -0.1) is 11.3 Å². The predicted molar refractivity (Wildman–Crippen MR) is 95.8 cm³/mol. The highest BCUT2D eigenvalue weighted by molar-refractivity contribution is 7.10. The summed E-state index contributed by atoms with van der Waals surface area (Å²) in [6, 6.07) is 5.14. The lowest BCUT2D eigenvalue weighted by Crippen LogP contribution is -2.03. The third kappa shape index (κ3) is 3.57. The number of hydrogen-bond donors (Lipinski definition) is 0. The van der Waals surface area contributed by atoms with E-state index in [0.717, 1.165) is 17.4 Å². The summed E-state index contributed by atoms with van der Waals surface area (Å²) in [7, 11) is 2.99. The third-order valence-electron chi connectivity index (χ3n) is 3.84. The minimum absolute atomic E-state index is 0.314. The van der Waals surface area contributed by atoms with Gasteiger partial charge in [-0.05, 0) is 30.4 Å². The van der Waals surface area contributed by atoms with Crippen LogP contribution in [0.3, 0.4) is 0 Å². The van der Waals surface area contributed by atoms with Gasteiger partial charge in [0.2, 0.25) is 5.82 Å². The molecule has 0 saturated heterocycles. The lowest BCUT2D eigenvalue weighted by molar-refractivity contribution is 0.355. The Morgan fingerprint density at radius 1 is 0.821 bits per heavy atom. The SMILES string of the molecule is COc1ccc(-c2csc(/C=C/c3c(F)c(F)c(F)c(F)c3F)n2)cc1OC. The summed E-state index contributed by atoms with van der Waals surface area (Å²) in [4.78, 5) is 4.28. The minimum Gasteiger partial charge on any atom is -0.493 e. The van der Waals surface area contributed by atoms with Gasteiger partial charge in [0, 0.05) is 10.9 Å². The van der Waals surface area contributed by atoms with Crippen LogP contribution in [-0.4, -0.2) is 19.2 Å². The highest BCUT2D eigenvalue weighted by Crippen LogP contribution is 2.33. The van der Waals surface area contributed by atoms with Crippen molar-refractivity contribution in [2.45, 2.75) is 0 Å². The van der Waals surface area contributed by atoms with Crippen molar-refractivity contribution in [3.63, 3.8) is 0 Å². The van der Waals surface area contributed by atoms with Crippen molar-refractivity contribution in [2.24, 2.45) is 0 Å². The number of methoxy groups -OCH3 is 2. The van der Waals surface area contributed by atoms with Crippen molar-refractivity contribution in [1.29, 1.82) is 0 Å². The normalized spacial score (nSPS) is 11.2. The zero-order valence-electron chi connectivity index (χ0n) is 14.5. The molecule has 0 N–H and O–H groups in total. The van der Waals surface area contributed by atoms with Gasteiger partial charge in [0.05, 0.1) is 25.5 Å². The molecule has 146 valence electrons. The first kappa shape index (κ1) is 19.8. The molecule has 0 saturated carbocycles. The first-order chi connectivity index (χ1) is 13.4. The number of aromatic nitrogens is 1. The average molecular weight is 413 g/mol. The molecule has 9 heteroatoms. The van der Waals surface area contributed by atoms with Gasteiger partial charge in [0.1, 0.15) is 5.01 Å². The van der Waals surface area contributed by atoms with Gasteiger partial charge in [-0.1, -0.05) is 0 Å². The molecule has 0 aliphatic heterocycles. The summed E-state index contributed by atoms with van der Waals surface area (Å²) >= 11 is 1.13. The first-order valence-corrected chi connectivity index (χ1v) is 8.62. The van der Waals surface area contributed by atoms with Gasteiger partial charge in [-0.2, -0.15) is 0 Å². The molecule has 0 aliphatic rings. The molecule has 2 aromatic carbocycles. The molecule has 3 aromatic rings. The molecule has 0 aliphatic carbocycles. The highest BCUT2D eigenvalue weighted by Gasteiger charge is 2.24. The van der Waals surface area contributed by atoms with E-state index in [1.54, 1.807) is 23.6 Å². The Morgan fingerprint density at radius 3 is 2.04 bits per heavy atom. The van der Waals surface area contributed by atoms with Crippen LogP contribution in [-0.2, 0) is 0 Å². The Kier molecular flexibility index (Phi) is 5.64. The van der Waals surface area contributed by atoms with Crippen molar-refractivity contribution in [3.05, 3.63) is 63.2 Å². The topological polar surface area (TPSA) is 31.4 Å². The van der Waals surface area contributed by atoms with Crippen LogP contribution in [0.4, 0.5) is 22.0 Å². The van der Waals surface area contributed by atoms with E-state index < -0.39 is 34.6 Å². The van der Waals surface area contributed by atoms with Gasteiger partial charge < -0.3 is 9.47 Å². The fourth-order valence-corrected chi connectivity index (χ4v) is 3.13. The van der Waals surface area contributed by atoms with Gasteiger partial charge in [0.15, 0.2) is 34.8 Å². The van der Waals surface area contributed by atoms with Crippen molar-refractivity contribution in [3.8, 4) is 22.8 Å². The third-order valence-corrected chi connectivity index (χ3v) is 4.65. The molecule has 28 heavy (non-hydrogen) atoms. The van der Waals surface area contributed by atoms with E-state index in [0.29, 0.717) is 27.8 Å². The minimum atomic E-state index is -2.20. The number of ether oxygens (including phenoxy) is 2. The van der Waals surface area contributed by atoms with Crippen LogP contribution in [0.25, 0.3) is 23.4 Å². The summed E-state index contributed by atoms with van der Waals surface area (Å²) < 4.78 is 77.4. The van der Waals surface area contributed by atoms with Crippen LogP contribution in [0.2, 0.25) is 0 Å². The number of benzene rings is 2. The summed E-state index contributed by atoms with van der Waals surface area (Å²) in [5, 5.41) is 1.99. The van der Waals surface area contributed by atoms with E-state index >= 15 is 0 Å². The molecular formula is C19H12F5NO2S. The van der Waals surface area contributed by atoms with E-state index in [9.17, 15) is 22.0 Å². The fraction of sp³-hybridized carbons (Fsp3) is 0.105. The van der Waals surface area contributed by atoms with E-state index in [2.05, 4.69) is 4.98 Å². The molecule has 0 spiro atoms. The van der Waals surface area contributed by atoms with Crippen LogP contribution < -0.4 is 9.47 Å². The number of nitrogens with zero attached hydrogens (tertiary/aromatic N) is 1. The molecule has 3 rings (SSSR count). The van der Waals surface area contributed by atoms with Crippen LogP contribution in [0.5, 0.6) is 11.5 Å². The van der Waals surface area contributed by atoms with Gasteiger partial charge >= 0.3 is 0 Å². The van der Waals surface area contributed by atoms with Crippen molar-refractivity contribution < 1.29 is 31.4 Å². The van der Waals surface area contributed by atoms with E-state index in [1.807, 2.05) is 0 Å². The Morgan fingerprint density at radius 2 is 1.43 bits per heavy atom. The molecular weight excluding hydrogens is 401 g/mol. The second-order valence-corrected chi connectivity index (χ2v) is 6.35. The smallest absolute Gasteiger partial charge is 0.200 e. The molecule has 1 heterocycles. The Balaban J connectivity index is 1.92. The summed E-state index contributed by atoms with van der Waals surface area (Å²) in [6.07, 6.45) is 1.97.